The van der Waals surface area contributed by atoms with Gasteiger partial charge in [-0.2, -0.15) is 0 Å². The third kappa shape index (κ3) is 4.58. The smallest absolute Gasteiger partial charge is 0.185 e. The number of benzene rings is 2. The number of rotatable bonds is 4. The average Bonchev–Trinajstić information content (AvgIpc) is 2.60. The predicted molar refractivity (Wildman–Crippen MR) is 103 cm³/mol. The number of nitrogens with zero attached hydrogens (tertiary/aromatic N) is 1. The molecule has 0 atom stereocenters. The third-order valence-electron chi connectivity index (χ3n) is 4.65. The summed E-state index contributed by atoms with van der Waals surface area (Å²) in [6.45, 7) is 5.84. The molecular weight excluding hydrogens is 310 g/mol. The number of aliphatic hydroxyl groups excluding tert-OH is 1. The molecule has 1 aliphatic rings. The van der Waals surface area contributed by atoms with E-state index in [0.29, 0.717) is 5.56 Å². The fraction of sp³-hybridized carbons (Fsp3) is 0.318. The molecule has 0 spiro atoms. The van der Waals surface area contributed by atoms with Crippen LogP contribution < -0.4 is 4.90 Å². The Morgan fingerprint density at radius 1 is 1.04 bits per heavy atom. The van der Waals surface area contributed by atoms with Gasteiger partial charge in [0.2, 0.25) is 0 Å². The van der Waals surface area contributed by atoms with Crippen LogP contribution in [0, 0.1) is 13.8 Å². The summed E-state index contributed by atoms with van der Waals surface area (Å²) in [4.78, 5) is 14.6. The molecule has 0 aliphatic carbocycles. The first-order valence-electron chi connectivity index (χ1n) is 8.85. The van der Waals surface area contributed by atoms with Crippen molar-refractivity contribution >= 4 is 17.5 Å². The minimum absolute atomic E-state index is 0.0137. The molecule has 2 aromatic carbocycles. The Labute approximate surface area is 149 Å². The summed E-state index contributed by atoms with van der Waals surface area (Å²) in [6, 6.07) is 14.0. The van der Waals surface area contributed by atoms with Gasteiger partial charge in [-0.1, -0.05) is 35.4 Å². The molecule has 1 aliphatic heterocycles. The number of hydrogen-bond acceptors (Lipinski definition) is 3. The van der Waals surface area contributed by atoms with Gasteiger partial charge in [-0.05, 0) is 62.6 Å². The molecule has 1 N–H and O–H groups in total. The van der Waals surface area contributed by atoms with Gasteiger partial charge in [0.05, 0.1) is 6.10 Å². The summed E-state index contributed by atoms with van der Waals surface area (Å²) in [5.74, 6) is 0.0137. The van der Waals surface area contributed by atoms with Gasteiger partial charge in [-0.25, -0.2) is 0 Å². The highest BCUT2D eigenvalue weighted by Gasteiger charge is 2.17. The number of ketones is 1. The van der Waals surface area contributed by atoms with Crippen molar-refractivity contribution in [2.45, 2.75) is 32.8 Å². The molecule has 3 nitrogen and oxygen atoms in total. The molecule has 2 aromatic rings. The van der Waals surface area contributed by atoms with E-state index in [-0.39, 0.29) is 11.9 Å². The maximum absolute atomic E-state index is 12.4. The number of piperidine rings is 1. The lowest BCUT2D eigenvalue weighted by molar-refractivity contribution is 0.104. The maximum atomic E-state index is 12.4. The Hall–Kier alpha value is -2.39. The Bertz CT molecular complexity index is 749. The maximum Gasteiger partial charge on any atom is 0.185 e. The minimum atomic E-state index is -0.174. The van der Waals surface area contributed by atoms with Crippen LogP contribution in [-0.4, -0.2) is 30.1 Å². The van der Waals surface area contributed by atoms with Crippen LogP contribution in [-0.2, 0) is 0 Å². The van der Waals surface area contributed by atoms with E-state index in [1.807, 2.05) is 30.3 Å². The second kappa shape index (κ2) is 7.66. The highest BCUT2D eigenvalue weighted by molar-refractivity contribution is 6.07. The summed E-state index contributed by atoms with van der Waals surface area (Å²) in [7, 11) is 0. The largest absolute Gasteiger partial charge is 0.393 e. The molecule has 0 bridgehead atoms. The molecule has 0 radical (unpaired) electrons. The van der Waals surface area contributed by atoms with E-state index in [1.54, 1.807) is 6.08 Å². The van der Waals surface area contributed by atoms with Crippen LogP contribution in [0.1, 0.15) is 39.9 Å². The quantitative estimate of drug-likeness (QED) is 0.674. The van der Waals surface area contributed by atoms with Crippen LogP contribution in [0.15, 0.2) is 48.5 Å². The zero-order valence-corrected chi connectivity index (χ0v) is 14.9. The molecule has 0 aromatic heterocycles. The molecule has 1 fully saturated rings. The second-order valence-corrected chi connectivity index (χ2v) is 6.88. The zero-order chi connectivity index (χ0) is 17.8. The lowest BCUT2D eigenvalue weighted by Crippen LogP contribution is -2.35. The normalized spacial score (nSPS) is 15.7. The summed E-state index contributed by atoms with van der Waals surface area (Å²) in [5.41, 5.74) is 5.25. The molecule has 1 saturated heterocycles. The Morgan fingerprint density at radius 2 is 1.64 bits per heavy atom. The van der Waals surface area contributed by atoms with E-state index in [4.69, 9.17) is 0 Å². The van der Waals surface area contributed by atoms with Gasteiger partial charge < -0.3 is 10.0 Å². The van der Waals surface area contributed by atoms with Crippen molar-refractivity contribution in [3.63, 3.8) is 0 Å². The number of anilines is 1. The first kappa shape index (κ1) is 17.4. The number of aryl methyl sites for hydroxylation is 2. The lowest BCUT2D eigenvalue weighted by Gasteiger charge is -2.31. The topological polar surface area (TPSA) is 40.5 Å². The summed E-state index contributed by atoms with van der Waals surface area (Å²) in [5, 5.41) is 9.60. The molecule has 0 unspecified atom stereocenters. The van der Waals surface area contributed by atoms with E-state index in [2.05, 4.69) is 36.9 Å². The van der Waals surface area contributed by atoms with Crippen LogP contribution in [0.2, 0.25) is 0 Å². The predicted octanol–water partition coefficient (Wildman–Crippen LogP) is 4.16. The van der Waals surface area contributed by atoms with Crippen molar-refractivity contribution in [3.8, 4) is 0 Å². The fourth-order valence-corrected chi connectivity index (χ4v) is 3.33. The van der Waals surface area contributed by atoms with Gasteiger partial charge in [-0.15, -0.1) is 0 Å². The van der Waals surface area contributed by atoms with E-state index in [1.165, 1.54) is 11.1 Å². The Balaban J connectivity index is 1.67. The van der Waals surface area contributed by atoms with Crippen LogP contribution in [0.3, 0.4) is 0 Å². The average molecular weight is 335 g/mol. The number of carbonyl (C=O) groups is 1. The minimum Gasteiger partial charge on any atom is -0.393 e. The van der Waals surface area contributed by atoms with E-state index in [0.717, 1.165) is 37.2 Å². The van der Waals surface area contributed by atoms with Crippen molar-refractivity contribution in [2.75, 3.05) is 18.0 Å². The van der Waals surface area contributed by atoms with Crippen molar-refractivity contribution in [2.24, 2.45) is 0 Å². The van der Waals surface area contributed by atoms with Gasteiger partial charge in [0.15, 0.2) is 5.78 Å². The van der Waals surface area contributed by atoms with Gasteiger partial charge in [0.1, 0.15) is 0 Å². The van der Waals surface area contributed by atoms with Crippen molar-refractivity contribution in [1.29, 1.82) is 0 Å². The van der Waals surface area contributed by atoms with Crippen molar-refractivity contribution < 1.29 is 9.90 Å². The fourth-order valence-electron chi connectivity index (χ4n) is 3.33. The number of allylic oxidation sites excluding steroid dienone is 1. The van der Waals surface area contributed by atoms with Crippen molar-refractivity contribution in [1.82, 2.24) is 0 Å². The van der Waals surface area contributed by atoms with Crippen molar-refractivity contribution in [3.05, 3.63) is 70.8 Å². The molecular formula is C22H25NO2. The summed E-state index contributed by atoms with van der Waals surface area (Å²) >= 11 is 0. The molecule has 3 rings (SSSR count). The SMILES string of the molecule is Cc1cc(C)cc(C=CC(=O)c2ccc(N3CCC(O)CC3)cc2)c1. The molecule has 0 amide bonds. The number of carbonyl (C=O) groups excluding carboxylic acids is 1. The van der Waals surface area contributed by atoms with Crippen LogP contribution in [0.25, 0.3) is 6.08 Å². The summed E-state index contributed by atoms with van der Waals surface area (Å²) < 4.78 is 0. The molecule has 130 valence electrons. The standard InChI is InChI=1S/C22H25NO2/c1-16-13-17(2)15-18(14-16)3-8-22(25)19-4-6-20(7-5-19)23-11-9-21(24)10-12-23/h3-8,13-15,21,24H,9-12H2,1-2H3. The van der Waals surface area contributed by atoms with E-state index < -0.39 is 0 Å². The molecule has 3 heteroatoms. The summed E-state index contributed by atoms with van der Waals surface area (Å²) in [6.07, 6.45) is 4.95. The van der Waals surface area contributed by atoms with E-state index in [9.17, 15) is 9.90 Å². The highest BCUT2D eigenvalue weighted by atomic mass is 16.3. The van der Waals surface area contributed by atoms with Gasteiger partial charge in [0.25, 0.3) is 0 Å². The lowest BCUT2D eigenvalue weighted by atomic mass is 10.0. The highest BCUT2D eigenvalue weighted by Crippen LogP contribution is 2.21. The van der Waals surface area contributed by atoms with Crippen LogP contribution in [0.5, 0.6) is 0 Å². The number of aliphatic hydroxyl groups is 1. The third-order valence-corrected chi connectivity index (χ3v) is 4.65. The monoisotopic (exact) mass is 335 g/mol. The van der Waals surface area contributed by atoms with Crippen LogP contribution >= 0.6 is 0 Å². The van der Waals surface area contributed by atoms with Gasteiger partial charge in [0, 0.05) is 24.3 Å². The van der Waals surface area contributed by atoms with Crippen LogP contribution in [0.4, 0.5) is 5.69 Å². The zero-order valence-electron chi connectivity index (χ0n) is 14.9. The molecule has 25 heavy (non-hydrogen) atoms. The van der Waals surface area contributed by atoms with Gasteiger partial charge in [-0.3, -0.25) is 4.79 Å². The Morgan fingerprint density at radius 3 is 2.24 bits per heavy atom. The van der Waals surface area contributed by atoms with E-state index >= 15 is 0 Å². The second-order valence-electron chi connectivity index (χ2n) is 6.88. The first-order valence-corrected chi connectivity index (χ1v) is 8.85. The molecule has 1 heterocycles. The Kier molecular flexibility index (Phi) is 5.34. The molecule has 0 saturated carbocycles. The first-order chi connectivity index (χ1) is 12.0. The number of hydrogen-bond donors (Lipinski definition) is 1. The van der Waals surface area contributed by atoms with Gasteiger partial charge >= 0.3 is 0 Å².